The number of nitrogens with zero attached hydrogens (tertiary/aromatic N) is 1. The molecular weight excluding hydrogens is 160 g/mol. The van der Waals surface area contributed by atoms with E-state index >= 15 is 0 Å². The monoisotopic (exact) mass is 182 g/mol. The van der Waals surface area contributed by atoms with Crippen molar-refractivity contribution in [1.82, 2.24) is 4.90 Å². The van der Waals surface area contributed by atoms with Crippen molar-refractivity contribution in [2.24, 2.45) is 5.73 Å². The Labute approximate surface area is 81.8 Å². The molecule has 2 N–H and O–H groups in total. The molecule has 1 heterocycles. The zero-order valence-electron chi connectivity index (χ0n) is 8.92. The third kappa shape index (κ3) is 3.49. The second-order valence-electron chi connectivity index (χ2n) is 4.09. The highest BCUT2D eigenvalue weighted by Gasteiger charge is 2.15. The van der Waals surface area contributed by atoms with E-state index in [9.17, 15) is 0 Å². The van der Waals surface area contributed by atoms with Crippen LogP contribution in [0.4, 0.5) is 0 Å². The van der Waals surface area contributed by atoms with Crippen molar-refractivity contribution in [3.8, 4) is 0 Å². The number of hydrogen-bond donors (Lipinski definition) is 1. The van der Waals surface area contributed by atoms with Gasteiger partial charge in [0.15, 0.2) is 0 Å². The van der Waals surface area contributed by atoms with Gasteiger partial charge >= 0.3 is 0 Å². The maximum Gasteiger partial charge on any atom is 0.0193 e. The Balaban J connectivity index is 2.30. The van der Waals surface area contributed by atoms with Crippen molar-refractivity contribution in [2.75, 3.05) is 19.6 Å². The summed E-state index contributed by atoms with van der Waals surface area (Å²) in [4.78, 5) is 2.56. The van der Waals surface area contributed by atoms with Crippen LogP contribution in [0.15, 0.2) is 11.6 Å². The van der Waals surface area contributed by atoms with Gasteiger partial charge in [-0.15, -0.1) is 0 Å². The van der Waals surface area contributed by atoms with Crippen LogP contribution < -0.4 is 5.73 Å². The highest BCUT2D eigenvalue weighted by Crippen LogP contribution is 2.14. The largest absolute Gasteiger partial charge is 0.330 e. The maximum absolute atomic E-state index is 5.50. The number of hydrogen-bond acceptors (Lipinski definition) is 2. The minimum Gasteiger partial charge on any atom is -0.330 e. The van der Waals surface area contributed by atoms with E-state index < -0.39 is 0 Å². The Bertz CT molecular complexity index is 175. The molecule has 0 aliphatic carbocycles. The molecule has 0 saturated heterocycles. The van der Waals surface area contributed by atoms with E-state index in [0.29, 0.717) is 6.04 Å². The van der Waals surface area contributed by atoms with Crippen LogP contribution in [0.3, 0.4) is 0 Å². The molecule has 0 aromatic rings. The van der Waals surface area contributed by atoms with Gasteiger partial charge in [-0.05, 0) is 39.7 Å². The summed E-state index contributed by atoms with van der Waals surface area (Å²) in [5.74, 6) is 0. The molecule has 1 atom stereocenters. The summed E-state index contributed by atoms with van der Waals surface area (Å²) in [7, 11) is 0. The van der Waals surface area contributed by atoms with Crippen LogP contribution in [-0.2, 0) is 0 Å². The Morgan fingerprint density at radius 2 is 2.38 bits per heavy atom. The maximum atomic E-state index is 5.50. The summed E-state index contributed by atoms with van der Waals surface area (Å²) in [6.07, 6.45) is 5.97. The summed E-state index contributed by atoms with van der Waals surface area (Å²) in [5, 5.41) is 0. The molecule has 1 aliphatic rings. The average molecular weight is 182 g/mol. The fraction of sp³-hybridized carbons (Fsp3) is 0.818. The van der Waals surface area contributed by atoms with Gasteiger partial charge in [-0.2, -0.15) is 0 Å². The third-order valence-electron chi connectivity index (χ3n) is 2.81. The van der Waals surface area contributed by atoms with Crippen molar-refractivity contribution in [3.05, 3.63) is 11.6 Å². The molecule has 0 aromatic carbocycles. The highest BCUT2D eigenvalue weighted by molar-refractivity contribution is 5.05. The molecule has 1 aliphatic heterocycles. The Hall–Kier alpha value is -0.340. The Morgan fingerprint density at radius 1 is 1.62 bits per heavy atom. The molecular formula is C11H22N2. The zero-order chi connectivity index (χ0) is 9.68. The lowest BCUT2D eigenvalue weighted by atomic mass is 10.1. The first kappa shape index (κ1) is 10.7. The van der Waals surface area contributed by atoms with E-state index in [4.69, 9.17) is 5.73 Å². The lowest BCUT2D eigenvalue weighted by Crippen LogP contribution is -2.37. The smallest absolute Gasteiger partial charge is 0.0193 e. The molecule has 0 radical (unpaired) electrons. The van der Waals surface area contributed by atoms with Crippen molar-refractivity contribution < 1.29 is 0 Å². The first-order chi connectivity index (χ1) is 6.24. The molecule has 1 rings (SSSR count). The molecule has 2 nitrogen and oxygen atoms in total. The molecule has 0 bridgehead atoms. The second kappa shape index (κ2) is 5.40. The van der Waals surface area contributed by atoms with Crippen LogP contribution in [0.5, 0.6) is 0 Å². The van der Waals surface area contributed by atoms with Gasteiger partial charge in [0.2, 0.25) is 0 Å². The van der Waals surface area contributed by atoms with E-state index in [0.717, 1.165) is 19.5 Å². The molecule has 13 heavy (non-hydrogen) atoms. The molecule has 0 aromatic heterocycles. The molecule has 0 fully saturated rings. The van der Waals surface area contributed by atoms with Crippen molar-refractivity contribution >= 4 is 0 Å². The predicted octanol–water partition coefficient (Wildman–Crippen LogP) is 1.77. The average Bonchev–Trinajstić information content (AvgIpc) is 2.14. The third-order valence-corrected chi connectivity index (χ3v) is 2.81. The summed E-state index contributed by atoms with van der Waals surface area (Å²) < 4.78 is 0. The molecule has 1 unspecified atom stereocenters. The lowest BCUT2D eigenvalue weighted by Gasteiger charge is -2.31. The quantitative estimate of drug-likeness (QED) is 0.671. The first-order valence-corrected chi connectivity index (χ1v) is 5.33. The van der Waals surface area contributed by atoms with Gasteiger partial charge < -0.3 is 5.73 Å². The minimum atomic E-state index is 0.701. The van der Waals surface area contributed by atoms with Gasteiger partial charge in [0.25, 0.3) is 0 Å². The second-order valence-corrected chi connectivity index (χ2v) is 4.09. The van der Waals surface area contributed by atoms with Gasteiger partial charge in [0.1, 0.15) is 0 Å². The Kier molecular flexibility index (Phi) is 4.46. The standard InChI is InChI=1S/C11H22N2/c1-10-5-4-8-13(9-10)11(2)6-3-7-12/h5,11H,3-4,6-9,12H2,1-2H3. The van der Waals surface area contributed by atoms with E-state index in [1.807, 2.05) is 0 Å². The van der Waals surface area contributed by atoms with Gasteiger partial charge in [-0.1, -0.05) is 11.6 Å². The van der Waals surface area contributed by atoms with Crippen LogP contribution in [0, 0.1) is 0 Å². The fourth-order valence-corrected chi connectivity index (χ4v) is 1.91. The van der Waals surface area contributed by atoms with Crippen LogP contribution in [0.25, 0.3) is 0 Å². The first-order valence-electron chi connectivity index (χ1n) is 5.33. The van der Waals surface area contributed by atoms with E-state index in [-0.39, 0.29) is 0 Å². The van der Waals surface area contributed by atoms with Gasteiger partial charge in [0.05, 0.1) is 0 Å². The summed E-state index contributed by atoms with van der Waals surface area (Å²) in [6.45, 7) is 7.75. The molecule has 0 amide bonds. The normalized spacial score (nSPS) is 21.3. The topological polar surface area (TPSA) is 29.3 Å². The summed E-state index contributed by atoms with van der Waals surface area (Å²) >= 11 is 0. The van der Waals surface area contributed by atoms with Crippen LogP contribution >= 0.6 is 0 Å². The predicted molar refractivity (Wildman–Crippen MR) is 57.7 cm³/mol. The molecule has 2 heteroatoms. The molecule has 76 valence electrons. The van der Waals surface area contributed by atoms with Crippen molar-refractivity contribution in [3.63, 3.8) is 0 Å². The van der Waals surface area contributed by atoms with Gasteiger partial charge in [-0.3, -0.25) is 4.90 Å². The SMILES string of the molecule is CC1=CCCN(C(C)CCCN)C1. The number of nitrogens with two attached hydrogens (primary N) is 1. The summed E-state index contributed by atoms with van der Waals surface area (Å²) in [5.41, 5.74) is 7.02. The molecule has 0 spiro atoms. The summed E-state index contributed by atoms with van der Waals surface area (Å²) in [6, 6.07) is 0.701. The molecule has 0 saturated carbocycles. The van der Waals surface area contributed by atoms with Crippen LogP contribution in [0.1, 0.15) is 33.1 Å². The minimum absolute atomic E-state index is 0.701. The van der Waals surface area contributed by atoms with Crippen LogP contribution in [-0.4, -0.2) is 30.6 Å². The van der Waals surface area contributed by atoms with E-state index in [2.05, 4.69) is 24.8 Å². The zero-order valence-corrected chi connectivity index (χ0v) is 8.92. The van der Waals surface area contributed by atoms with Crippen molar-refractivity contribution in [1.29, 1.82) is 0 Å². The van der Waals surface area contributed by atoms with E-state index in [1.165, 1.54) is 25.0 Å². The van der Waals surface area contributed by atoms with Gasteiger partial charge in [0, 0.05) is 19.1 Å². The fourth-order valence-electron chi connectivity index (χ4n) is 1.91. The van der Waals surface area contributed by atoms with Crippen molar-refractivity contribution in [2.45, 2.75) is 39.2 Å². The van der Waals surface area contributed by atoms with Gasteiger partial charge in [-0.25, -0.2) is 0 Å². The lowest BCUT2D eigenvalue weighted by molar-refractivity contribution is 0.210. The number of rotatable bonds is 4. The van der Waals surface area contributed by atoms with Crippen LogP contribution in [0.2, 0.25) is 0 Å². The Morgan fingerprint density at radius 3 is 3.00 bits per heavy atom. The van der Waals surface area contributed by atoms with E-state index in [1.54, 1.807) is 0 Å². The highest BCUT2D eigenvalue weighted by atomic mass is 15.1.